The minimum absolute atomic E-state index is 0.137. The Labute approximate surface area is 153 Å². The van der Waals surface area contributed by atoms with Crippen molar-refractivity contribution in [3.8, 4) is 0 Å². The van der Waals surface area contributed by atoms with E-state index in [1.807, 2.05) is 42.1 Å². The van der Waals surface area contributed by atoms with E-state index in [1.165, 1.54) is 17.0 Å². The first-order valence-corrected chi connectivity index (χ1v) is 8.88. The van der Waals surface area contributed by atoms with Crippen molar-refractivity contribution < 1.29 is 14.0 Å². The first-order chi connectivity index (χ1) is 12.5. The Kier molecular flexibility index (Phi) is 4.12. The normalized spacial score (nSPS) is 16.2. The van der Waals surface area contributed by atoms with Crippen molar-refractivity contribution in [2.75, 3.05) is 0 Å². The standard InChI is InChI=1S/C20H15FN2O2S/c1-22-12-14(16-4-2-3-5-17(16)22)10-18-19(24)23(20(25)26-18)11-13-6-8-15(21)9-7-13/h2-10,12H,11H2,1H3/b18-10+. The fourth-order valence-electron chi connectivity index (χ4n) is 3.04. The van der Waals surface area contributed by atoms with Crippen LogP contribution in [0.5, 0.6) is 0 Å². The van der Waals surface area contributed by atoms with Crippen LogP contribution in [0.4, 0.5) is 9.18 Å². The molecule has 0 saturated carbocycles. The number of aromatic nitrogens is 1. The first kappa shape index (κ1) is 16.6. The lowest BCUT2D eigenvalue weighted by Crippen LogP contribution is -2.27. The molecule has 4 nitrogen and oxygen atoms in total. The van der Waals surface area contributed by atoms with E-state index in [0.29, 0.717) is 10.5 Å². The Morgan fingerprint density at radius 2 is 1.81 bits per heavy atom. The van der Waals surface area contributed by atoms with E-state index in [2.05, 4.69) is 0 Å². The number of rotatable bonds is 3. The molecule has 0 unspecified atom stereocenters. The van der Waals surface area contributed by atoms with Gasteiger partial charge in [0.2, 0.25) is 0 Å². The number of benzene rings is 2. The molecule has 1 aromatic heterocycles. The number of imide groups is 1. The maximum absolute atomic E-state index is 13.0. The van der Waals surface area contributed by atoms with Crippen LogP contribution in [0.25, 0.3) is 17.0 Å². The molecule has 3 aromatic rings. The molecule has 2 heterocycles. The SMILES string of the molecule is Cn1cc(/C=C2/SC(=O)N(Cc3ccc(F)cc3)C2=O)c2ccccc21. The summed E-state index contributed by atoms with van der Waals surface area (Å²) in [5, 5.41) is 0.714. The van der Waals surface area contributed by atoms with Crippen molar-refractivity contribution in [1.29, 1.82) is 0 Å². The largest absolute Gasteiger partial charge is 0.350 e. The molecule has 0 radical (unpaired) electrons. The molecule has 130 valence electrons. The van der Waals surface area contributed by atoms with Gasteiger partial charge < -0.3 is 4.57 Å². The van der Waals surface area contributed by atoms with Gasteiger partial charge in [0.15, 0.2) is 0 Å². The quantitative estimate of drug-likeness (QED) is 0.639. The molecule has 0 atom stereocenters. The molecule has 26 heavy (non-hydrogen) atoms. The highest BCUT2D eigenvalue weighted by Crippen LogP contribution is 2.34. The predicted molar refractivity (Wildman–Crippen MR) is 101 cm³/mol. The van der Waals surface area contributed by atoms with Gasteiger partial charge in [-0.1, -0.05) is 30.3 Å². The lowest BCUT2D eigenvalue weighted by molar-refractivity contribution is -0.123. The van der Waals surface area contributed by atoms with E-state index in [1.54, 1.807) is 18.2 Å². The third-order valence-electron chi connectivity index (χ3n) is 4.34. The molecule has 0 spiro atoms. The van der Waals surface area contributed by atoms with Gasteiger partial charge in [0, 0.05) is 29.7 Å². The van der Waals surface area contributed by atoms with Gasteiger partial charge in [0.05, 0.1) is 11.4 Å². The van der Waals surface area contributed by atoms with E-state index >= 15 is 0 Å². The Hall–Kier alpha value is -2.86. The van der Waals surface area contributed by atoms with Crippen LogP contribution in [0, 0.1) is 5.82 Å². The van der Waals surface area contributed by atoms with Gasteiger partial charge in [-0.3, -0.25) is 14.5 Å². The van der Waals surface area contributed by atoms with Crippen LogP contribution in [0.2, 0.25) is 0 Å². The first-order valence-electron chi connectivity index (χ1n) is 8.07. The van der Waals surface area contributed by atoms with Crippen molar-refractivity contribution in [1.82, 2.24) is 9.47 Å². The van der Waals surface area contributed by atoms with Gasteiger partial charge in [-0.15, -0.1) is 0 Å². The average Bonchev–Trinajstić information content (AvgIpc) is 3.09. The Morgan fingerprint density at radius 1 is 1.08 bits per heavy atom. The van der Waals surface area contributed by atoms with Gasteiger partial charge in [-0.05, 0) is 41.6 Å². The zero-order valence-electron chi connectivity index (χ0n) is 14.0. The second-order valence-electron chi connectivity index (χ2n) is 6.11. The number of para-hydroxylation sites is 1. The summed E-state index contributed by atoms with van der Waals surface area (Å²) in [6, 6.07) is 13.7. The van der Waals surface area contributed by atoms with Gasteiger partial charge in [-0.25, -0.2) is 4.39 Å². The van der Waals surface area contributed by atoms with E-state index < -0.39 is 0 Å². The van der Waals surface area contributed by atoms with Crippen molar-refractivity contribution in [3.63, 3.8) is 0 Å². The van der Waals surface area contributed by atoms with Crippen LogP contribution in [-0.4, -0.2) is 20.6 Å². The molecule has 2 aromatic carbocycles. The summed E-state index contributed by atoms with van der Waals surface area (Å²) in [7, 11) is 1.94. The highest BCUT2D eigenvalue weighted by molar-refractivity contribution is 8.18. The zero-order valence-corrected chi connectivity index (χ0v) is 14.8. The molecule has 4 rings (SSSR count). The van der Waals surface area contributed by atoms with Crippen molar-refractivity contribution in [2.45, 2.75) is 6.54 Å². The van der Waals surface area contributed by atoms with Crippen molar-refractivity contribution in [3.05, 3.63) is 76.6 Å². The third-order valence-corrected chi connectivity index (χ3v) is 5.25. The van der Waals surface area contributed by atoms with Crippen LogP contribution in [0.1, 0.15) is 11.1 Å². The lowest BCUT2D eigenvalue weighted by atomic mass is 10.1. The number of carbonyl (C=O) groups excluding carboxylic acids is 2. The van der Waals surface area contributed by atoms with Crippen LogP contribution in [0.15, 0.2) is 59.6 Å². The second kappa shape index (κ2) is 6.46. The number of carbonyl (C=O) groups is 2. The minimum Gasteiger partial charge on any atom is -0.350 e. The monoisotopic (exact) mass is 366 g/mol. The molecular weight excluding hydrogens is 351 g/mol. The number of aryl methyl sites for hydroxylation is 1. The summed E-state index contributed by atoms with van der Waals surface area (Å²) in [5.41, 5.74) is 2.67. The highest BCUT2D eigenvalue weighted by atomic mass is 32.2. The Balaban J connectivity index is 1.64. The molecule has 1 aliphatic rings. The molecule has 0 bridgehead atoms. The number of thioether (sulfide) groups is 1. The molecule has 0 N–H and O–H groups in total. The number of hydrogen-bond acceptors (Lipinski definition) is 3. The number of halogens is 1. The fourth-order valence-corrected chi connectivity index (χ4v) is 3.87. The van der Waals surface area contributed by atoms with Gasteiger partial charge in [-0.2, -0.15) is 0 Å². The zero-order chi connectivity index (χ0) is 18.3. The summed E-state index contributed by atoms with van der Waals surface area (Å²) >= 11 is 0.932. The van der Waals surface area contributed by atoms with E-state index in [0.717, 1.165) is 28.2 Å². The maximum Gasteiger partial charge on any atom is 0.293 e. The molecule has 1 saturated heterocycles. The van der Waals surface area contributed by atoms with Crippen molar-refractivity contribution >= 4 is 39.9 Å². The van der Waals surface area contributed by atoms with Crippen LogP contribution in [-0.2, 0) is 18.4 Å². The highest BCUT2D eigenvalue weighted by Gasteiger charge is 2.35. The summed E-state index contributed by atoms with van der Waals surface area (Å²) < 4.78 is 15.0. The summed E-state index contributed by atoms with van der Waals surface area (Å²) in [4.78, 5) is 26.5. The van der Waals surface area contributed by atoms with Gasteiger partial charge in [0.25, 0.3) is 11.1 Å². The molecule has 6 heteroatoms. The van der Waals surface area contributed by atoms with E-state index in [4.69, 9.17) is 0 Å². The Bertz CT molecular complexity index is 1050. The number of amides is 2. The number of fused-ring (bicyclic) bond motifs is 1. The molecule has 2 amide bonds. The van der Waals surface area contributed by atoms with Crippen LogP contribution < -0.4 is 0 Å². The van der Waals surface area contributed by atoms with Crippen LogP contribution >= 0.6 is 11.8 Å². The smallest absolute Gasteiger partial charge is 0.293 e. The fraction of sp³-hybridized carbons (Fsp3) is 0.100. The molecule has 0 aliphatic carbocycles. The average molecular weight is 366 g/mol. The Morgan fingerprint density at radius 3 is 2.58 bits per heavy atom. The third kappa shape index (κ3) is 2.93. The van der Waals surface area contributed by atoms with Crippen molar-refractivity contribution in [2.24, 2.45) is 7.05 Å². The topological polar surface area (TPSA) is 42.3 Å². The molecule has 1 fully saturated rings. The minimum atomic E-state index is -0.348. The summed E-state index contributed by atoms with van der Waals surface area (Å²) in [6.07, 6.45) is 3.70. The summed E-state index contributed by atoms with van der Waals surface area (Å²) in [6.45, 7) is 0.137. The molecule has 1 aliphatic heterocycles. The van der Waals surface area contributed by atoms with E-state index in [9.17, 15) is 14.0 Å². The summed E-state index contributed by atoms with van der Waals surface area (Å²) in [5.74, 6) is -0.670. The number of nitrogens with zero attached hydrogens (tertiary/aromatic N) is 2. The lowest BCUT2D eigenvalue weighted by Gasteiger charge is -2.12. The van der Waals surface area contributed by atoms with Gasteiger partial charge >= 0.3 is 0 Å². The van der Waals surface area contributed by atoms with Gasteiger partial charge in [0.1, 0.15) is 5.82 Å². The van der Waals surface area contributed by atoms with E-state index in [-0.39, 0.29) is 23.5 Å². The predicted octanol–water partition coefficient (Wildman–Crippen LogP) is 4.55. The van der Waals surface area contributed by atoms with Crippen LogP contribution in [0.3, 0.4) is 0 Å². The molecular formula is C20H15FN2O2S. The maximum atomic E-state index is 13.0. The second-order valence-corrected chi connectivity index (χ2v) is 7.10. The number of hydrogen-bond donors (Lipinski definition) is 0.